The average molecular weight is 218 g/mol. The van der Waals surface area contributed by atoms with E-state index in [4.69, 9.17) is 5.73 Å². The maximum absolute atomic E-state index is 12.1. The van der Waals surface area contributed by atoms with E-state index in [9.17, 15) is 4.79 Å². The van der Waals surface area contributed by atoms with Gasteiger partial charge in [0.15, 0.2) is 0 Å². The molecule has 0 aromatic heterocycles. The van der Waals surface area contributed by atoms with Gasteiger partial charge in [0, 0.05) is 18.7 Å². The lowest BCUT2D eigenvalue weighted by Gasteiger charge is -2.16. The van der Waals surface area contributed by atoms with Gasteiger partial charge in [0.2, 0.25) is 0 Å². The highest BCUT2D eigenvalue weighted by atomic mass is 16.2. The van der Waals surface area contributed by atoms with Gasteiger partial charge in [-0.3, -0.25) is 4.79 Å². The highest BCUT2D eigenvalue weighted by Gasteiger charge is 2.25. The van der Waals surface area contributed by atoms with E-state index >= 15 is 0 Å². The summed E-state index contributed by atoms with van der Waals surface area (Å²) in [5, 5.41) is 0. The van der Waals surface area contributed by atoms with Gasteiger partial charge in [-0.05, 0) is 37.4 Å². The number of nitrogens with two attached hydrogens (primary N) is 1. The van der Waals surface area contributed by atoms with Gasteiger partial charge >= 0.3 is 0 Å². The van der Waals surface area contributed by atoms with Crippen LogP contribution in [0.1, 0.15) is 23.2 Å². The monoisotopic (exact) mass is 218 g/mol. The SMILES string of the molecule is NCCC1CCN(C(=O)c2ccccc2)C1. The van der Waals surface area contributed by atoms with Crippen LogP contribution in [0.3, 0.4) is 0 Å². The molecule has 1 amide bonds. The molecule has 1 heterocycles. The van der Waals surface area contributed by atoms with Crippen LogP contribution in [-0.2, 0) is 0 Å². The minimum absolute atomic E-state index is 0.153. The number of hydrogen-bond acceptors (Lipinski definition) is 2. The van der Waals surface area contributed by atoms with Crippen molar-refractivity contribution in [2.45, 2.75) is 12.8 Å². The molecule has 3 nitrogen and oxygen atoms in total. The van der Waals surface area contributed by atoms with E-state index in [1.807, 2.05) is 35.2 Å². The Morgan fingerprint density at radius 2 is 2.12 bits per heavy atom. The minimum atomic E-state index is 0.153. The zero-order valence-electron chi connectivity index (χ0n) is 9.43. The molecule has 0 bridgehead atoms. The number of nitrogens with zero attached hydrogens (tertiary/aromatic N) is 1. The molecule has 16 heavy (non-hydrogen) atoms. The first-order valence-corrected chi connectivity index (χ1v) is 5.85. The van der Waals surface area contributed by atoms with Gasteiger partial charge in [0.1, 0.15) is 0 Å². The normalized spacial score (nSPS) is 20.1. The molecule has 3 heteroatoms. The van der Waals surface area contributed by atoms with E-state index in [2.05, 4.69) is 0 Å². The number of amides is 1. The van der Waals surface area contributed by atoms with E-state index in [0.29, 0.717) is 5.92 Å². The molecule has 0 radical (unpaired) electrons. The Morgan fingerprint density at radius 3 is 2.81 bits per heavy atom. The lowest BCUT2D eigenvalue weighted by Crippen LogP contribution is -2.28. The maximum atomic E-state index is 12.1. The Morgan fingerprint density at radius 1 is 1.38 bits per heavy atom. The van der Waals surface area contributed by atoms with E-state index in [0.717, 1.165) is 38.0 Å². The van der Waals surface area contributed by atoms with E-state index in [1.54, 1.807) is 0 Å². The first-order chi connectivity index (χ1) is 7.81. The minimum Gasteiger partial charge on any atom is -0.338 e. The van der Waals surface area contributed by atoms with Crippen LogP contribution in [0.2, 0.25) is 0 Å². The Kier molecular flexibility index (Phi) is 3.57. The van der Waals surface area contributed by atoms with Crippen molar-refractivity contribution in [1.82, 2.24) is 4.90 Å². The zero-order chi connectivity index (χ0) is 11.4. The van der Waals surface area contributed by atoms with Crippen molar-refractivity contribution < 1.29 is 4.79 Å². The number of hydrogen-bond donors (Lipinski definition) is 1. The fraction of sp³-hybridized carbons (Fsp3) is 0.462. The molecule has 1 unspecified atom stereocenters. The first-order valence-electron chi connectivity index (χ1n) is 5.85. The van der Waals surface area contributed by atoms with Crippen LogP contribution in [0.25, 0.3) is 0 Å². The molecular formula is C13H18N2O. The maximum Gasteiger partial charge on any atom is 0.253 e. The van der Waals surface area contributed by atoms with Crippen LogP contribution in [-0.4, -0.2) is 30.4 Å². The lowest BCUT2D eigenvalue weighted by atomic mass is 10.1. The topological polar surface area (TPSA) is 46.3 Å². The third-order valence-corrected chi connectivity index (χ3v) is 3.17. The molecular weight excluding hydrogens is 200 g/mol. The van der Waals surface area contributed by atoms with E-state index < -0.39 is 0 Å². The van der Waals surface area contributed by atoms with Gasteiger partial charge in [0.25, 0.3) is 5.91 Å². The Balaban J connectivity index is 1.97. The highest BCUT2D eigenvalue weighted by molar-refractivity contribution is 5.94. The third kappa shape index (κ3) is 2.42. The summed E-state index contributed by atoms with van der Waals surface area (Å²) < 4.78 is 0. The number of carbonyl (C=O) groups is 1. The summed E-state index contributed by atoms with van der Waals surface area (Å²) in [5.41, 5.74) is 6.33. The van der Waals surface area contributed by atoms with E-state index in [1.165, 1.54) is 0 Å². The van der Waals surface area contributed by atoms with Crippen LogP contribution < -0.4 is 5.73 Å². The Bertz CT molecular complexity index is 350. The molecule has 1 atom stereocenters. The molecule has 86 valence electrons. The van der Waals surface area contributed by atoms with Gasteiger partial charge in [-0.1, -0.05) is 18.2 Å². The van der Waals surface area contributed by atoms with Gasteiger partial charge in [-0.15, -0.1) is 0 Å². The number of benzene rings is 1. The van der Waals surface area contributed by atoms with Gasteiger partial charge in [-0.2, -0.15) is 0 Å². The number of likely N-dealkylation sites (tertiary alicyclic amines) is 1. The van der Waals surface area contributed by atoms with Gasteiger partial charge < -0.3 is 10.6 Å². The van der Waals surface area contributed by atoms with Crippen molar-refractivity contribution in [3.05, 3.63) is 35.9 Å². The van der Waals surface area contributed by atoms with E-state index in [-0.39, 0.29) is 5.91 Å². The molecule has 1 fully saturated rings. The summed E-state index contributed by atoms with van der Waals surface area (Å²) in [5.74, 6) is 0.748. The van der Waals surface area contributed by atoms with Crippen molar-refractivity contribution in [2.75, 3.05) is 19.6 Å². The predicted molar refractivity (Wildman–Crippen MR) is 64.1 cm³/mol. The molecule has 1 saturated heterocycles. The fourth-order valence-electron chi connectivity index (χ4n) is 2.25. The first kappa shape index (κ1) is 11.1. The van der Waals surface area contributed by atoms with Crippen LogP contribution in [0.5, 0.6) is 0 Å². The Labute approximate surface area is 96.2 Å². The number of carbonyl (C=O) groups excluding carboxylic acids is 1. The summed E-state index contributed by atoms with van der Waals surface area (Å²) in [6.45, 7) is 2.46. The van der Waals surface area contributed by atoms with Gasteiger partial charge in [0.05, 0.1) is 0 Å². The smallest absolute Gasteiger partial charge is 0.253 e. The summed E-state index contributed by atoms with van der Waals surface area (Å²) >= 11 is 0. The van der Waals surface area contributed by atoms with Gasteiger partial charge in [-0.25, -0.2) is 0 Å². The summed E-state index contributed by atoms with van der Waals surface area (Å²) in [4.78, 5) is 14.0. The molecule has 2 rings (SSSR count). The van der Waals surface area contributed by atoms with Crippen LogP contribution in [0.15, 0.2) is 30.3 Å². The van der Waals surface area contributed by atoms with Crippen LogP contribution in [0.4, 0.5) is 0 Å². The van der Waals surface area contributed by atoms with Crippen molar-refractivity contribution in [2.24, 2.45) is 11.7 Å². The van der Waals surface area contributed by atoms with Crippen LogP contribution >= 0.6 is 0 Å². The molecule has 0 aliphatic carbocycles. The zero-order valence-corrected chi connectivity index (χ0v) is 9.43. The molecule has 1 aromatic carbocycles. The Hall–Kier alpha value is -1.35. The predicted octanol–water partition coefficient (Wildman–Crippen LogP) is 1.50. The largest absolute Gasteiger partial charge is 0.338 e. The average Bonchev–Trinajstić information content (AvgIpc) is 2.78. The van der Waals surface area contributed by atoms with Crippen molar-refractivity contribution in [3.8, 4) is 0 Å². The molecule has 0 saturated carbocycles. The molecule has 1 aromatic rings. The summed E-state index contributed by atoms with van der Waals surface area (Å²) in [6.07, 6.45) is 2.12. The fourth-order valence-corrected chi connectivity index (χ4v) is 2.25. The van der Waals surface area contributed by atoms with Crippen molar-refractivity contribution in [1.29, 1.82) is 0 Å². The highest BCUT2D eigenvalue weighted by Crippen LogP contribution is 2.20. The standard InChI is InChI=1S/C13H18N2O/c14-8-6-11-7-9-15(10-11)13(16)12-4-2-1-3-5-12/h1-5,11H,6-10,14H2. The quantitative estimate of drug-likeness (QED) is 0.835. The second-order valence-corrected chi connectivity index (χ2v) is 4.35. The lowest BCUT2D eigenvalue weighted by molar-refractivity contribution is 0.0786. The second-order valence-electron chi connectivity index (χ2n) is 4.35. The van der Waals surface area contributed by atoms with Crippen molar-refractivity contribution in [3.63, 3.8) is 0 Å². The van der Waals surface area contributed by atoms with Crippen LogP contribution in [0, 0.1) is 5.92 Å². The second kappa shape index (κ2) is 5.12. The molecule has 1 aliphatic heterocycles. The molecule has 0 spiro atoms. The molecule has 2 N–H and O–H groups in total. The third-order valence-electron chi connectivity index (χ3n) is 3.17. The summed E-state index contributed by atoms with van der Waals surface area (Å²) in [7, 11) is 0. The number of rotatable bonds is 3. The molecule has 1 aliphatic rings. The summed E-state index contributed by atoms with van der Waals surface area (Å²) in [6, 6.07) is 9.48. The van der Waals surface area contributed by atoms with Crippen molar-refractivity contribution >= 4 is 5.91 Å².